The number of anilines is 1. The fourth-order valence-electron chi connectivity index (χ4n) is 2.60. The molecule has 1 aromatic heterocycles. The van der Waals surface area contributed by atoms with E-state index in [1.54, 1.807) is 0 Å². The van der Waals surface area contributed by atoms with Crippen LogP contribution in [0.5, 0.6) is 0 Å². The highest BCUT2D eigenvalue weighted by Gasteiger charge is 2.22. The van der Waals surface area contributed by atoms with Gasteiger partial charge >= 0.3 is 0 Å². The third-order valence-electron chi connectivity index (χ3n) is 3.73. The Bertz CT molecular complexity index is 388. The number of aromatic nitrogens is 2. The summed E-state index contributed by atoms with van der Waals surface area (Å²) in [4.78, 5) is 6.38. The molecule has 0 saturated heterocycles. The lowest BCUT2D eigenvalue weighted by Crippen LogP contribution is -2.41. The molecule has 102 valence electrons. The van der Waals surface area contributed by atoms with Crippen molar-refractivity contribution in [3.63, 3.8) is 0 Å². The molecule has 1 fully saturated rings. The van der Waals surface area contributed by atoms with Crippen LogP contribution in [0.15, 0.2) is 6.20 Å². The summed E-state index contributed by atoms with van der Waals surface area (Å²) in [6, 6.07) is 0.233. The quantitative estimate of drug-likeness (QED) is 0.835. The van der Waals surface area contributed by atoms with Crippen LogP contribution in [0.4, 0.5) is 5.95 Å². The van der Waals surface area contributed by atoms with Gasteiger partial charge in [-0.3, -0.25) is 0 Å². The molecule has 18 heavy (non-hydrogen) atoms. The number of nitrogens with zero attached hydrogens (tertiary/aromatic N) is 3. The number of imidazole rings is 1. The molecule has 0 amide bonds. The lowest BCUT2D eigenvalue weighted by atomic mass is 9.92. The first-order valence-corrected chi connectivity index (χ1v) is 6.69. The van der Waals surface area contributed by atoms with Gasteiger partial charge < -0.3 is 19.9 Å². The molecular formula is C13H24N4O. The molecule has 1 heterocycles. The number of aliphatic hydroxyl groups excluding tert-OH is 1. The summed E-state index contributed by atoms with van der Waals surface area (Å²) in [5, 5.41) is 13.4. The predicted octanol–water partition coefficient (Wildman–Crippen LogP) is 0.879. The van der Waals surface area contributed by atoms with E-state index in [1.165, 1.54) is 6.42 Å². The largest absolute Gasteiger partial charge is 0.392 e. The van der Waals surface area contributed by atoms with E-state index in [2.05, 4.69) is 14.9 Å². The third kappa shape index (κ3) is 2.84. The van der Waals surface area contributed by atoms with Crippen LogP contribution < -0.4 is 10.2 Å². The van der Waals surface area contributed by atoms with E-state index in [1.807, 2.05) is 32.2 Å². The predicted molar refractivity (Wildman–Crippen MR) is 72.6 cm³/mol. The van der Waals surface area contributed by atoms with Crippen molar-refractivity contribution in [1.82, 2.24) is 14.9 Å². The maximum atomic E-state index is 9.92. The molecule has 0 aliphatic heterocycles. The van der Waals surface area contributed by atoms with Crippen LogP contribution in [0, 0.1) is 0 Å². The smallest absolute Gasteiger partial charge is 0.204 e. The molecule has 1 aliphatic rings. The van der Waals surface area contributed by atoms with Crippen molar-refractivity contribution in [3.8, 4) is 0 Å². The lowest BCUT2D eigenvalue weighted by Gasteiger charge is -2.28. The molecule has 1 aromatic rings. The molecule has 1 saturated carbocycles. The summed E-state index contributed by atoms with van der Waals surface area (Å²) in [5.74, 6) is 0.955. The fourth-order valence-corrected chi connectivity index (χ4v) is 2.60. The zero-order valence-electron chi connectivity index (χ0n) is 11.6. The lowest BCUT2D eigenvalue weighted by molar-refractivity contribution is 0.0900. The molecule has 2 rings (SSSR count). The van der Waals surface area contributed by atoms with Crippen molar-refractivity contribution in [2.24, 2.45) is 7.05 Å². The van der Waals surface area contributed by atoms with Gasteiger partial charge in [-0.1, -0.05) is 12.8 Å². The molecule has 2 atom stereocenters. The van der Waals surface area contributed by atoms with Crippen molar-refractivity contribution in [2.75, 3.05) is 19.0 Å². The van der Waals surface area contributed by atoms with Gasteiger partial charge in [0.2, 0.25) is 5.95 Å². The van der Waals surface area contributed by atoms with Gasteiger partial charge in [-0.05, 0) is 12.8 Å². The Kier molecular flexibility index (Phi) is 4.24. The summed E-state index contributed by atoms with van der Waals surface area (Å²) in [5.41, 5.74) is 1.15. The van der Waals surface area contributed by atoms with Crippen molar-refractivity contribution in [2.45, 2.75) is 44.4 Å². The van der Waals surface area contributed by atoms with E-state index >= 15 is 0 Å². The minimum atomic E-state index is -0.194. The Labute approximate surface area is 109 Å². The number of hydrogen-bond donors (Lipinski definition) is 2. The van der Waals surface area contributed by atoms with Crippen LogP contribution in [-0.4, -0.2) is 40.9 Å². The maximum Gasteiger partial charge on any atom is 0.204 e. The van der Waals surface area contributed by atoms with Gasteiger partial charge in [-0.25, -0.2) is 4.98 Å². The van der Waals surface area contributed by atoms with Gasteiger partial charge in [0.15, 0.2) is 0 Å². The standard InChI is InChI=1S/C13H24N4O/c1-16(2)13-15-9-10(17(13)3)8-14-11-6-4-5-7-12(11)18/h9,11-12,14,18H,4-8H2,1-3H3/t11-,12-/m1/s1. The average molecular weight is 252 g/mol. The van der Waals surface area contributed by atoms with E-state index in [0.29, 0.717) is 0 Å². The Morgan fingerprint density at radius 2 is 2.17 bits per heavy atom. The van der Waals surface area contributed by atoms with Crippen LogP contribution in [-0.2, 0) is 13.6 Å². The number of rotatable bonds is 4. The molecule has 0 radical (unpaired) electrons. The Morgan fingerprint density at radius 1 is 1.44 bits per heavy atom. The van der Waals surface area contributed by atoms with Gasteiger partial charge in [0.1, 0.15) is 0 Å². The second-order valence-electron chi connectivity index (χ2n) is 5.34. The number of nitrogens with one attached hydrogen (secondary N) is 1. The van der Waals surface area contributed by atoms with Gasteiger partial charge in [0, 0.05) is 33.7 Å². The topological polar surface area (TPSA) is 53.3 Å². The first kappa shape index (κ1) is 13.4. The molecule has 0 aromatic carbocycles. The minimum Gasteiger partial charge on any atom is -0.392 e. The molecule has 1 aliphatic carbocycles. The van der Waals surface area contributed by atoms with E-state index in [4.69, 9.17) is 0 Å². The summed E-state index contributed by atoms with van der Waals surface area (Å²) in [6.07, 6.45) is 6.06. The first-order valence-electron chi connectivity index (χ1n) is 6.69. The number of aliphatic hydroxyl groups is 1. The van der Waals surface area contributed by atoms with Gasteiger partial charge in [0.05, 0.1) is 18.0 Å². The third-order valence-corrected chi connectivity index (χ3v) is 3.73. The monoisotopic (exact) mass is 252 g/mol. The zero-order chi connectivity index (χ0) is 13.1. The van der Waals surface area contributed by atoms with Crippen molar-refractivity contribution in [1.29, 1.82) is 0 Å². The Hall–Kier alpha value is -1.07. The van der Waals surface area contributed by atoms with Crippen LogP contribution in [0.3, 0.4) is 0 Å². The SMILES string of the molecule is CN(C)c1ncc(CN[C@@H]2CCCC[C@H]2O)n1C. The Balaban J connectivity index is 1.93. The normalized spacial score (nSPS) is 24.2. The molecule has 0 bridgehead atoms. The molecular weight excluding hydrogens is 228 g/mol. The van der Waals surface area contributed by atoms with E-state index in [9.17, 15) is 5.11 Å². The molecule has 5 nitrogen and oxygen atoms in total. The first-order chi connectivity index (χ1) is 8.59. The van der Waals surface area contributed by atoms with Crippen molar-refractivity contribution < 1.29 is 5.11 Å². The summed E-state index contributed by atoms with van der Waals surface area (Å²) in [6.45, 7) is 0.763. The number of hydrogen-bond acceptors (Lipinski definition) is 4. The zero-order valence-corrected chi connectivity index (χ0v) is 11.6. The van der Waals surface area contributed by atoms with Gasteiger partial charge in [0.25, 0.3) is 0 Å². The summed E-state index contributed by atoms with van der Waals surface area (Å²) >= 11 is 0. The molecule has 0 unspecified atom stereocenters. The van der Waals surface area contributed by atoms with Crippen LogP contribution in [0.25, 0.3) is 0 Å². The fraction of sp³-hybridized carbons (Fsp3) is 0.769. The van der Waals surface area contributed by atoms with Crippen molar-refractivity contribution >= 4 is 5.95 Å². The molecule has 2 N–H and O–H groups in total. The van der Waals surface area contributed by atoms with Gasteiger partial charge in [-0.2, -0.15) is 0 Å². The van der Waals surface area contributed by atoms with E-state index in [0.717, 1.165) is 37.4 Å². The van der Waals surface area contributed by atoms with Crippen LogP contribution >= 0.6 is 0 Å². The van der Waals surface area contributed by atoms with Crippen molar-refractivity contribution in [3.05, 3.63) is 11.9 Å². The van der Waals surface area contributed by atoms with Gasteiger partial charge in [-0.15, -0.1) is 0 Å². The maximum absolute atomic E-state index is 9.92. The highest BCUT2D eigenvalue weighted by molar-refractivity contribution is 5.30. The highest BCUT2D eigenvalue weighted by Crippen LogP contribution is 2.19. The molecule has 5 heteroatoms. The van der Waals surface area contributed by atoms with Crippen LogP contribution in [0.2, 0.25) is 0 Å². The minimum absolute atomic E-state index is 0.194. The van der Waals surface area contributed by atoms with Crippen LogP contribution in [0.1, 0.15) is 31.4 Å². The average Bonchev–Trinajstić information content (AvgIpc) is 2.70. The molecule has 0 spiro atoms. The summed E-state index contributed by atoms with van der Waals surface area (Å²) < 4.78 is 2.09. The summed E-state index contributed by atoms with van der Waals surface area (Å²) in [7, 11) is 6.01. The van der Waals surface area contributed by atoms with E-state index < -0.39 is 0 Å². The Morgan fingerprint density at radius 3 is 2.78 bits per heavy atom. The van der Waals surface area contributed by atoms with E-state index in [-0.39, 0.29) is 12.1 Å². The second-order valence-corrected chi connectivity index (χ2v) is 5.34. The second kappa shape index (κ2) is 5.71. The highest BCUT2D eigenvalue weighted by atomic mass is 16.3.